The quantitative estimate of drug-likeness (QED) is 0.728. The second kappa shape index (κ2) is 7.39. The lowest BCUT2D eigenvalue weighted by Gasteiger charge is -2.37. The minimum atomic E-state index is -1.59. The molecule has 0 unspecified atom stereocenters. The molecule has 142 valence electrons. The van der Waals surface area contributed by atoms with E-state index in [4.69, 9.17) is 4.74 Å². The van der Waals surface area contributed by atoms with Gasteiger partial charge in [0.25, 0.3) is 0 Å². The van der Waals surface area contributed by atoms with Gasteiger partial charge in [-0.3, -0.25) is 9.69 Å². The van der Waals surface area contributed by atoms with Gasteiger partial charge in [-0.05, 0) is 52.7 Å². The maximum absolute atomic E-state index is 12.7. The van der Waals surface area contributed by atoms with Crippen LogP contribution in [0.15, 0.2) is 28.7 Å². The molecular formula is C19H24BrNO5. The Morgan fingerprint density at radius 3 is 2.35 bits per heavy atom. The third-order valence-corrected chi connectivity index (χ3v) is 5.01. The summed E-state index contributed by atoms with van der Waals surface area (Å²) in [6.07, 6.45) is -0.272. The van der Waals surface area contributed by atoms with E-state index in [0.29, 0.717) is 12.0 Å². The summed E-state index contributed by atoms with van der Waals surface area (Å²) in [6, 6.07) is 6.41. The Labute approximate surface area is 161 Å². The normalized spacial score (nSPS) is 23.0. The van der Waals surface area contributed by atoms with Gasteiger partial charge in [0.1, 0.15) is 5.60 Å². The molecule has 1 amide bonds. The number of carbonyl (C=O) groups excluding carboxylic acids is 2. The van der Waals surface area contributed by atoms with Gasteiger partial charge in [0.05, 0.1) is 0 Å². The zero-order valence-corrected chi connectivity index (χ0v) is 17.0. The molecule has 1 aliphatic heterocycles. The van der Waals surface area contributed by atoms with Crippen LogP contribution in [0.5, 0.6) is 0 Å². The number of Topliss-reactive ketones (excluding diaryl/α,β-unsaturated/α-hetero) is 1. The maximum atomic E-state index is 12.7. The number of rotatable bonds is 4. The first-order valence-electron chi connectivity index (χ1n) is 8.51. The molecule has 0 radical (unpaired) electrons. The summed E-state index contributed by atoms with van der Waals surface area (Å²) in [5.74, 6) is -1.50. The summed E-state index contributed by atoms with van der Waals surface area (Å²) in [7, 11) is 0. The zero-order chi connectivity index (χ0) is 19.7. The first-order valence-corrected chi connectivity index (χ1v) is 9.30. The predicted octanol–water partition coefficient (Wildman–Crippen LogP) is 4.26. The molecule has 1 saturated heterocycles. The molecule has 2 rings (SSSR count). The average molecular weight is 426 g/mol. The maximum Gasteiger partial charge on any atom is 0.411 e. The van der Waals surface area contributed by atoms with Gasteiger partial charge in [0.2, 0.25) is 0 Å². The van der Waals surface area contributed by atoms with Crippen molar-refractivity contribution in [1.82, 2.24) is 4.90 Å². The van der Waals surface area contributed by atoms with Crippen LogP contribution >= 0.6 is 15.9 Å². The Morgan fingerprint density at radius 2 is 1.85 bits per heavy atom. The van der Waals surface area contributed by atoms with Gasteiger partial charge in [-0.15, -0.1) is 0 Å². The first kappa shape index (κ1) is 20.4. The van der Waals surface area contributed by atoms with Crippen molar-refractivity contribution >= 4 is 33.8 Å². The zero-order valence-electron chi connectivity index (χ0n) is 15.4. The molecule has 0 bridgehead atoms. The Bertz CT molecular complexity index is 710. The minimum absolute atomic E-state index is 0.213. The van der Waals surface area contributed by atoms with Gasteiger partial charge in [0.15, 0.2) is 11.3 Å². The first-order chi connectivity index (χ1) is 12.0. The number of aliphatic carboxylic acids is 1. The number of ketones is 1. The molecule has 7 heteroatoms. The van der Waals surface area contributed by atoms with Gasteiger partial charge in [-0.2, -0.15) is 0 Å². The third-order valence-electron chi connectivity index (χ3n) is 4.49. The van der Waals surface area contributed by atoms with E-state index in [1.54, 1.807) is 52.0 Å². The number of hydrogen-bond acceptors (Lipinski definition) is 4. The van der Waals surface area contributed by atoms with Gasteiger partial charge in [-0.1, -0.05) is 28.1 Å². The Morgan fingerprint density at radius 1 is 1.27 bits per heavy atom. The van der Waals surface area contributed by atoms with Gasteiger partial charge >= 0.3 is 12.1 Å². The fourth-order valence-electron chi connectivity index (χ4n) is 3.25. The van der Waals surface area contributed by atoms with Crippen molar-refractivity contribution < 1.29 is 24.2 Å². The molecule has 1 heterocycles. The van der Waals surface area contributed by atoms with E-state index in [1.807, 2.05) is 0 Å². The van der Waals surface area contributed by atoms with Crippen LogP contribution < -0.4 is 0 Å². The SMILES string of the molecule is C[C@H]1CC[C@](CC(=O)c2ccc(Br)cc2)(C(=O)O)N1C(=O)OC(C)(C)C. The standard InChI is InChI=1S/C19H24BrNO5/c1-12-9-10-19(16(23)24,21(12)17(25)26-18(2,3)4)11-15(22)13-5-7-14(20)8-6-13/h5-8,12H,9-11H2,1-4H3,(H,23,24)/t12-,19-/m0/s1. The highest BCUT2D eigenvalue weighted by molar-refractivity contribution is 9.10. The van der Waals surface area contributed by atoms with Crippen LogP contribution in [0.4, 0.5) is 4.79 Å². The van der Waals surface area contributed by atoms with E-state index < -0.39 is 23.2 Å². The number of halogens is 1. The third kappa shape index (κ3) is 4.26. The summed E-state index contributed by atoms with van der Waals surface area (Å²) in [5.41, 5.74) is -1.93. The van der Waals surface area contributed by atoms with Crippen LogP contribution in [-0.4, -0.2) is 45.0 Å². The van der Waals surface area contributed by atoms with Crippen LogP contribution in [0.2, 0.25) is 0 Å². The van der Waals surface area contributed by atoms with Crippen LogP contribution in [-0.2, 0) is 9.53 Å². The van der Waals surface area contributed by atoms with Crippen molar-refractivity contribution in [1.29, 1.82) is 0 Å². The van der Waals surface area contributed by atoms with E-state index in [2.05, 4.69) is 15.9 Å². The molecule has 1 fully saturated rings. The largest absolute Gasteiger partial charge is 0.479 e. The number of carboxylic acids is 1. The second-order valence-corrected chi connectivity index (χ2v) is 8.60. The Kier molecular flexibility index (Phi) is 5.80. The van der Waals surface area contributed by atoms with Crippen molar-refractivity contribution in [3.63, 3.8) is 0 Å². The minimum Gasteiger partial charge on any atom is -0.479 e. The van der Waals surface area contributed by atoms with E-state index in [1.165, 1.54) is 4.90 Å². The highest BCUT2D eigenvalue weighted by atomic mass is 79.9. The molecule has 26 heavy (non-hydrogen) atoms. The van der Waals surface area contributed by atoms with Gasteiger partial charge in [-0.25, -0.2) is 9.59 Å². The Balaban J connectivity index is 2.34. The van der Waals surface area contributed by atoms with E-state index in [-0.39, 0.29) is 24.7 Å². The smallest absolute Gasteiger partial charge is 0.411 e. The van der Waals surface area contributed by atoms with Crippen molar-refractivity contribution in [2.75, 3.05) is 0 Å². The molecular weight excluding hydrogens is 402 g/mol. The highest BCUT2D eigenvalue weighted by Crippen LogP contribution is 2.39. The molecule has 1 aromatic rings. The number of hydrogen-bond donors (Lipinski definition) is 1. The summed E-state index contributed by atoms with van der Waals surface area (Å²) in [6.45, 7) is 6.95. The van der Waals surface area contributed by atoms with Crippen molar-refractivity contribution in [2.45, 2.75) is 64.1 Å². The molecule has 1 N–H and O–H groups in total. The van der Waals surface area contributed by atoms with Crippen molar-refractivity contribution in [3.05, 3.63) is 34.3 Å². The van der Waals surface area contributed by atoms with Crippen LogP contribution in [0, 0.1) is 0 Å². The lowest BCUT2D eigenvalue weighted by atomic mass is 9.88. The summed E-state index contributed by atoms with van der Waals surface area (Å²) >= 11 is 3.31. The van der Waals surface area contributed by atoms with E-state index >= 15 is 0 Å². The monoisotopic (exact) mass is 425 g/mol. The Hall–Kier alpha value is -1.89. The molecule has 0 spiro atoms. The summed E-state index contributed by atoms with van der Waals surface area (Å²) < 4.78 is 6.23. The lowest BCUT2D eigenvalue weighted by Crippen LogP contribution is -2.57. The molecule has 0 aromatic heterocycles. The topological polar surface area (TPSA) is 83.9 Å². The lowest BCUT2D eigenvalue weighted by molar-refractivity contribution is -0.150. The molecule has 1 aromatic carbocycles. The second-order valence-electron chi connectivity index (χ2n) is 7.68. The fraction of sp³-hybridized carbons (Fsp3) is 0.526. The number of ether oxygens (including phenoxy) is 1. The van der Waals surface area contributed by atoms with Crippen LogP contribution in [0.3, 0.4) is 0 Å². The number of carboxylic acid groups (broad SMARTS) is 1. The fourth-order valence-corrected chi connectivity index (χ4v) is 3.51. The predicted molar refractivity (Wildman–Crippen MR) is 100 cm³/mol. The van der Waals surface area contributed by atoms with E-state index in [9.17, 15) is 19.5 Å². The summed E-state index contributed by atoms with van der Waals surface area (Å²) in [5, 5.41) is 9.93. The molecule has 6 nitrogen and oxygen atoms in total. The number of nitrogens with zero attached hydrogens (tertiary/aromatic N) is 1. The molecule has 2 atom stereocenters. The van der Waals surface area contributed by atoms with E-state index in [0.717, 1.165) is 4.47 Å². The molecule has 1 aliphatic rings. The van der Waals surface area contributed by atoms with Crippen LogP contribution in [0.25, 0.3) is 0 Å². The number of amides is 1. The number of benzene rings is 1. The average Bonchev–Trinajstić information content (AvgIpc) is 2.84. The molecule has 0 saturated carbocycles. The van der Waals surface area contributed by atoms with Gasteiger partial charge in [0, 0.05) is 22.5 Å². The summed E-state index contributed by atoms with van der Waals surface area (Å²) in [4.78, 5) is 38.8. The highest BCUT2D eigenvalue weighted by Gasteiger charge is 2.55. The molecule has 0 aliphatic carbocycles. The van der Waals surface area contributed by atoms with Crippen LogP contribution in [0.1, 0.15) is 57.3 Å². The number of carbonyl (C=O) groups is 3. The van der Waals surface area contributed by atoms with Crippen molar-refractivity contribution in [2.24, 2.45) is 0 Å². The van der Waals surface area contributed by atoms with Crippen molar-refractivity contribution in [3.8, 4) is 0 Å². The van der Waals surface area contributed by atoms with Gasteiger partial charge < -0.3 is 9.84 Å². The number of likely N-dealkylation sites (tertiary alicyclic amines) is 1.